The van der Waals surface area contributed by atoms with Crippen LogP contribution in [0.2, 0.25) is 0 Å². The summed E-state index contributed by atoms with van der Waals surface area (Å²) in [6.07, 6.45) is 7.05. The lowest BCUT2D eigenvalue weighted by molar-refractivity contribution is -0.143. The first-order valence-corrected chi connectivity index (χ1v) is 7.76. The third-order valence-corrected chi connectivity index (χ3v) is 2.93. The van der Waals surface area contributed by atoms with Gasteiger partial charge in [0.1, 0.15) is 0 Å². The summed E-state index contributed by atoms with van der Waals surface area (Å²) in [5.74, 6) is -0.429. The highest BCUT2D eigenvalue weighted by atomic mass is 16.5. The Morgan fingerprint density at radius 3 is 2.00 bits per heavy atom. The zero-order valence-corrected chi connectivity index (χ0v) is 14.1. The van der Waals surface area contributed by atoms with E-state index in [9.17, 15) is 9.59 Å². The molecule has 1 aliphatic rings. The van der Waals surface area contributed by atoms with E-state index in [1.165, 1.54) is 0 Å². The average Bonchev–Trinajstić information content (AvgIpc) is 2.63. The molecule has 0 N–H and O–H groups in total. The van der Waals surface area contributed by atoms with E-state index < -0.39 is 11.9 Å². The summed E-state index contributed by atoms with van der Waals surface area (Å²) in [6.45, 7) is 10.5. The van der Waals surface area contributed by atoms with Crippen molar-refractivity contribution >= 4 is 11.9 Å². The van der Waals surface area contributed by atoms with Crippen LogP contribution in [0.3, 0.4) is 0 Å². The van der Waals surface area contributed by atoms with Gasteiger partial charge >= 0.3 is 11.9 Å². The quantitative estimate of drug-likeness (QED) is 0.705. The Balaban J connectivity index is 2.92. The van der Waals surface area contributed by atoms with E-state index in [0.29, 0.717) is 13.2 Å². The van der Waals surface area contributed by atoms with Gasteiger partial charge in [0.2, 0.25) is 0 Å². The Hall–Kier alpha value is -1.84. The number of rotatable bonds is 6. The maximum Gasteiger partial charge on any atom is 0.339 e. The van der Waals surface area contributed by atoms with Crippen LogP contribution < -0.4 is 0 Å². The van der Waals surface area contributed by atoms with E-state index in [1.807, 2.05) is 40.7 Å². The Labute approximate surface area is 132 Å². The minimum absolute atomic E-state index is 0.0493. The lowest BCUT2D eigenvalue weighted by Crippen LogP contribution is -2.20. The lowest BCUT2D eigenvalue weighted by Gasteiger charge is -2.13. The van der Waals surface area contributed by atoms with Crippen LogP contribution in [0.1, 0.15) is 34.6 Å². The summed E-state index contributed by atoms with van der Waals surface area (Å²) in [6, 6.07) is 0. The molecule has 0 spiro atoms. The highest BCUT2D eigenvalue weighted by Crippen LogP contribution is 2.21. The van der Waals surface area contributed by atoms with E-state index in [1.54, 1.807) is 18.2 Å². The molecule has 1 rings (SSSR count). The fourth-order valence-corrected chi connectivity index (χ4v) is 1.82. The van der Waals surface area contributed by atoms with Crippen molar-refractivity contribution in [3.63, 3.8) is 0 Å². The molecule has 0 saturated carbocycles. The van der Waals surface area contributed by atoms with Crippen LogP contribution in [0.25, 0.3) is 0 Å². The number of carbonyl (C=O) groups is 2. The van der Waals surface area contributed by atoms with Gasteiger partial charge < -0.3 is 9.47 Å². The van der Waals surface area contributed by atoms with Crippen LogP contribution in [0.15, 0.2) is 35.5 Å². The van der Waals surface area contributed by atoms with Gasteiger partial charge in [0.25, 0.3) is 0 Å². The van der Waals surface area contributed by atoms with Gasteiger partial charge in [0, 0.05) is 0 Å². The zero-order chi connectivity index (χ0) is 16.7. The fraction of sp³-hybridized carbons (Fsp3) is 0.556. The molecule has 4 nitrogen and oxygen atoms in total. The molecule has 0 radical (unpaired) electrons. The minimum Gasteiger partial charge on any atom is -0.462 e. The summed E-state index contributed by atoms with van der Waals surface area (Å²) in [4.78, 5) is 24.5. The molecule has 0 bridgehead atoms. The van der Waals surface area contributed by atoms with Crippen molar-refractivity contribution in [2.24, 2.45) is 17.8 Å². The highest BCUT2D eigenvalue weighted by Gasteiger charge is 2.25. The highest BCUT2D eigenvalue weighted by molar-refractivity contribution is 6.07. The molecule has 1 unspecified atom stereocenters. The molecule has 0 aromatic rings. The molecule has 0 aromatic heterocycles. The largest absolute Gasteiger partial charge is 0.462 e. The third-order valence-electron chi connectivity index (χ3n) is 2.93. The number of carbonyl (C=O) groups excluding carboxylic acids is 2. The molecule has 1 atom stereocenters. The van der Waals surface area contributed by atoms with Crippen LogP contribution in [-0.2, 0) is 19.1 Å². The first kappa shape index (κ1) is 18.2. The Kier molecular flexibility index (Phi) is 7.09. The van der Waals surface area contributed by atoms with Gasteiger partial charge in [-0.2, -0.15) is 0 Å². The van der Waals surface area contributed by atoms with Gasteiger partial charge in [-0.15, -0.1) is 0 Å². The fourth-order valence-electron chi connectivity index (χ4n) is 1.82. The molecule has 0 heterocycles. The zero-order valence-electron chi connectivity index (χ0n) is 14.1. The van der Waals surface area contributed by atoms with E-state index in [2.05, 4.69) is 0 Å². The van der Waals surface area contributed by atoms with Crippen molar-refractivity contribution in [1.82, 2.24) is 0 Å². The number of hydrogen-bond donors (Lipinski definition) is 0. The number of hydrogen-bond acceptors (Lipinski definition) is 4. The van der Waals surface area contributed by atoms with E-state index in [4.69, 9.17) is 9.47 Å². The number of allylic oxidation sites excluding steroid dienone is 4. The Morgan fingerprint density at radius 1 is 1.00 bits per heavy atom. The van der Waals surface area contributed by atoms with Gasteiger partial charge in [-0.25, -0.2) is 9.59 Å². The molecule has 0 fully saturated rings. The van der Waals surface area contributed by atoms with Crippen molar-refractivity contribution in [3.05, 3.63) is 35.5 Å². The van der Waals surface area contributed by atoms with Crippen LogP contribution in [-0.4, -0.2) is 25.2 Å². The Morgan fingerprint density at radius 2 is 1.50 bits per heavy atom. The topological polar surface area (TPSA) is 52.6 Å². The van der Waals surface area contributed by atoms with E-state index in [0.717, 1.165) is 0 Å². The predicted octanol–water partition coefficient (Wildman–Crippen LogP) is 3.44. The van der Waals surface area contributed by atoms with Crippen molar-refractivity contribution in [3.8, 4) is 0 Å². The number of ether oxygens (including phenoxy) is 2. The second kappa shape index (κ2) is 8.57. The average molecular weight is 306 g/mol. The molecular formula is C18H26O4. The minimum atomic E-state index is -0.486. The van der Waals surface area contributed by atoms with Crippen LogP contribution in [0.5, 0.6) is 0 Å². The molecular weight excluding hydrogens is 280 g/mol. The summed E-state index contributed by atoms with van der Waals surface area (Å²) in [7, 11) is 0. The monoisotopic (exact) mass is 306 g/mol. The summed E-state index contributed by atoms with van der Waals surface area (Å²) < 4.78 is 10.5. The lowest BCUT2D eigenvalue weighted by atomic mass is 10.0. The number of esters is 2. The summed E-state index contributed by atoms with van der Waals surface area (Å²) in [5, 5.41) is 0. The van der Waals surface area contributed by atoms with Crippen molar-refractivity contribution in [2.45, 2.75) is 34.6 Å². The Bertz CT molecular complexity index is 495. The second-order valence-corrected chi connectivity index (χ2v) is 6.39. The SMILES string of the molecule is CC1C=CC=C(C(=O)OCC(C)C)C(C(=O)OCC(C)C)=C1. The second-order valence-electron chi connectivity index (χ2n) is 6.39. The first-order chi connectivity index (χ1) is 10.3. The molecule has 0 amide bonds. The van der Waals surface area contributed by atoms with Crippen molar-refractivity contribution < 1.29 is 19.1 Å². The molecule has 22 heavy (non-hydrogen) atoms. The van der Waals surface area contributed by atoms with Crippen molar-refractivity contribution in [1.29, 1.82) is 0 Å². The van der Waals surface area contributed by atoms with Gasteiger partial charge in [0.05, 0.1) is 24.4 Å². The van der Waals surface area contributed by atoms with Crippen LogP contribution in [0, 0.1) is 17.8 Å². The van der Waals surface area contributed by atoms with Crippen LogP contribution >= 0.6 is 0 Å². The summed E-state index contributed by atoms with van der Waals surface area (Å²) in [5.41, 5.74) is 0.543. The summed E-state index contributed by atoms with van der Waals surface area (Å²) >= 11 is 0. The predicted molar refractivity (Wildman–Crippen MR) is 86.1 cm³/mol. The molecule has 4 heteroatoms. The van der Waals surface area contributed by atoms with Gasteiger partial charge in [-0.1, -0.05) is 52.8 Å². The van der Waals surface area contributed by atoms with Crippen LogP contribution in [0.4, 0.5) is 0 Å². The molecule has 0 saturated heterocycles. The van der Waals surface area contributed by atoms with Gasteiger partial charge in [-0.05, 0) is 23.8 Å². The van der Waals surface area contributed by atoms with Gasteiger partial charge in [-0.3, -0.25) is 0 Å². The maximum atomic E-state index is 12.3. The van der Waals surface area contributed by atoms with E-state index >= 15 is 0 Å². The maximum absolute atomic E-state index is 12.3. The third kappa shape index (κ3) is 5.88. The molecule has 122 valence electrons. The van der Waals surface area contributed by atoms with E-state index in [-0.39, 0.29) is 28.9 Å². The first-order valence-electron chi connectivity index (χ1n) is 7.76. The van der Waals surface area contributed by atoms with Gasteiger partial charge in [0.15, 0.2) is 0 Å². The normalized spacial score (nSPS) is 17.9. The van der Waals surface area contributed by atoms with Crippen molar-refractivity contribution in [2.75, 3.05) is 13.2 Å². The molecule has 1 aliphatic carbocycles. The smallest absolute Gasteiger partial charge is 0.339 e. The molecule has 0 aliphatic heterocycles. The standard InChI is InChI=1S/C18H26O4/c1-12(2)10-21-17(19)15-8-6-7-14(5)9-16(15)18(20)22-11-13(3)4/h6-9,12-14H,10-11H2,1-5H3. The molecule has 0 aromatic carbocycles.